The van der Waals surface area contributed by atoms with Gasteiger partial charge in [0.25, 0.3) is 0 Å². The molecule has 0 aliphatic carbocycles. The number of rotatable bonds is 3. The number of hydrogen-bond acceptors (Lipinski definition) is 2. The van der Waals surface area contributed by atoms with Gasteiger partial charge in [-0.25, -0.2) is 4.98 Å². The monoisotopic (exact) mass is 283 g/mol. The van der Waals surface area contributed by atoms with Crippen LogP contribution in [0.4, 0.5) is 5.95 Å². The first-order chi connectivity index (χ1) is 8.47. The van der Waals surface area contributed by atoms with Crippen molar-refractivity contribution in [2.45, 2.75) is 19.9 Å². The van der Waals surface area contributed by atoms with Crippen molar-refractivity contribution in [3.05, 3.63) is 45.7 Å². The van der Waals surface area contributed by atoms with Gasteiger partial charge in [-0.2, -0.15) is 0 Å². The molecule has 18 heavy (non-hydrogen) atoms. The molecule has 1 aromatic heterocycles. The van der Waals surface area contributed by atoms with Gasteiger partial charge in [-0.3, -0.25) is 0 Å². The van der Waals surface area contributed by atoms with Crippen LogP contribution in [0.15, 0.2) is 24.4 Å². The zero-order chi connectivity index (χ0) is 13.3. The Kier molecular flexibility index (Phi) is 3.83. The summed E-state index contributed by atoms with van der Waals surface area (Å²) in [6.45, 7) is 4.00. The fourth-order valence-electron chi connectivity index (χ4n) is 1.87. The molecule has 2 aromatic rings. The van der Waals surface area contributed by atoms with Gasteiger partial charge in [0, 0.05) is 23.3 Å². The van der Waals surface area contributed by atoms with Crippen molar-refractivity contribution < 1.29 is 0 Å². The first-order valence-corrected chi connectivity index (χ1v) is 6.44. The highest BCUT2D eigenvalue weighted by molar-refractivity contribution is 6.35. The van der Waals surface area contributed by atoms with Crippen LogP contribution in [0.3, 0.4) is 0 Å². The number of nitrogens with zero attached hydrogens (tertiary/aromatic N) is 2. The van der Waals surface area contributed by atoms with Crippen LogP contribution >= 0.6 is 23.2 Å². The van der Waals surface area contributed by atoms with Crippen LogP contribution in [-0.4, -0.2) is 9.55 Å². The van der Waals surface area contributed by atoms with E-state index in [1.165, 1.54) is 0 Å². The maximum absolute atomic E-state index is 6.18. The third kappa shape index (κ3) is 2.79. The third-order valence-electron chi connectivity index (χ3n) is 2.77. The lowest BCUT2D eigenvalue weighted by molar-refractivity contribution is 0.823. The zero-order valence-corrected chi connectivity index (χ0v) is 12.0. The van der Waals surface area contributed by atoms with E-state index in [-0.39, 0.29) is 6.04 Å². The van der Waals surface area contributed by atoms with Crippen LogP contribution < -0.4 is 5.32 Å². The van der Waals surface area contributed by atoms with Crippen LogP contribution in [-0.2, 0) is 7.05 Å². The molecule has 3 nitrogen and oxygen atoms in total. The summed E-state index contributed by atoms with van der Waals surface area (Å²) >= 11 is 12.1. The Hall–Kier alpha value is -1.19. The van der Waals surface area contributed by atoms with E-state index in [2.05, 4.69) is 10.3 Å². The lowest BCUT2D eigenvalue weighted by atomic mass is 10.1. The van der Waals surface area contributed by atoms with E-state index >= 15 is 0 Å². The standard InChI is InChI=1S/C13H15Cl2N3/c1-8-7-18(3)13(16-8)17-9(2)11-5-4-10(14)6-12(11)15/h4-7,9H,1-3H3,(H,16,17). The van der Waals surface area contributed by atoms with Crippen molar-refractivity contribution in [2.75, 3.05) is 5.32 Å². The molecule has 1 N–H and O–H groups in total. The molecule has 0 fully saturated rings. The highest BCUT2D eigenvalue weighted by atomic mass is 35.5. The lowest BCUT2D eigenvalue weighted by Gasteiger charge is -2.16. The molecule has 0 bridgehead atoms. The Morgan fingerprint density at radius 3 is 2.61 bits per heavy atom. The van der Waals surface area contributed by atoms with Crippen LogP contribution in [0.25, 0.3) is 0 Å². The molecule has 1 heterocycles. The minimum Gasteiger partial charge on any atom is -0.349 e. The Morgan fingerprint density at radius 2 is 2.06 bits per heavy atom. The van der Waals surface area contributed by atoms with Crippen molar-refractivity contribution in [3.63, 3.8) is 0 Å². The van der Waals surface area contributed by atoms with Gasteiger partial charge in [-0.1, -0.05) is 29.3 Å². The summed E-state index contributed by atoms with van der Waals surface area (Å²) in [5.41, 5.74) is 1.98. The van der Waals surface area contributed by atoms with E-state index < -0.39 is 0 Å². The Morgan fingerprint density at radius 1 is 1.33 bits per heavy atom. The topological polar surface area (TPSA) is 29.9 Å². The van der Waals surface area contributed by atoms with E-state index in [1.807, 2.05) is 43.8 Å². The molecule has 0 amide bonds. The predicted molar refractivity (Wildman–Crippen MR) is 76.4 cm³/mol. The number of aromatic nitrogens is 2. The first kappa shape index (κ1) is 13.2. The number of halogens is 2. The van der Waals surface area contributed by atoms with E-state index in [1.54, 1.807) is 6.07 Å². The maximum Gasteiger partial charge on any atom is 0.203 e. The van der Waals surface area contributed by atoms with Gasteiger partial charge in [0.1, 0.15) is 0 Å². The molecule has 5 heteroatoms. The Labute approximate surface area is 117 Å². The molecule has 0 radical (unpaired) electrons. The van der Waals surface area contributed by atoms with Crippen LogP contribution in [0, 0.1) is 6.92 Å². The summed E-state index contributed by atoms with van der Waals surface area (Å²) in [6, 6.07) is 5.58. The predicted octanol–water partition coefficient (Wildman–Crippen LogP) is 4.21. The van der Waals surface area contributed by atoms with Gasteiger partial charge in [-0.05, 0) is 31.5 Å². The fourth-order valence-corrected chi connectivity index (χ4v) is 2.45. The molecule has 0 aliphatic rings. The second-order valence-corrected chi connectivity index (χ2v) is 5.19. The Balaban J connectivity index is 2.21. The van der Waals surface area contributed by atoms with E-state index in [0.29, 0.717) is 10.0 Å². The van der Waals surface area contributed by atoms with Gasteiger partial charge in [0.15, 0.2) is 0 Å². The van der Waals surface area contributed by atoms with Gasteiger partial charge >= 0.3 is 0 Å². The number of imidazole rings is 1. The SMILES string of the molecule is Cc1cn(C)c(NC(C)c2ccc(Cl)cc2Cl)n1. The highest BCUT2D eigenvalue weighted by Crippen LogP contribution is 2.28. The molecule has 2 rings (SSSR count). The molecule has 0 aliphatic heterocycles. The summed E-state index contributed by atoms with van der Waals surface area (Å²) in [6.07, 6.45) is 1.97. The van der Waals surface area contributed by atoms with E-state index in [9.17, 15) is 0 Å². The second kappa shape index (κ2) is 5.21. The molecular weight excluding hydrogens is 269 g/mol. The first-order valence-electron chi connectivity index (χ1n) is 5.69. The van der Waals surface area contributed by atoms with Crippen molar-refractivity contribution in [2.24, 2.45) is 7.05 Å². The van der Waals surface area contributed by atoms with Gasteiger partial charge in [0.2, 0.25) is 5.95 Å². The fraction of sp³-hybridized carbons (Fsp3) is 0.308. The van der Waals surface area contributed by atoms with E-state index in [0.717, 1.165) is 17.2 Å². The van der Waals surface area contributed by atoms with Crippen LogP contribution in [0.5, 0.6) is 0 Å². The van der Waals surface area contributed by atoms with Crippen molar-refractivity contribution in [1.82, 2.24) is 9.55 Å². The van der Waals surface area contributed by atoms with Crippen molar-refractivity contribution in [1.29, 1.82) is 0 Å². The van der Waals surface area contributed by atoms with Gasteiger partial charge in [-0.15, -0.1) is 0 Å². The minimum absolute atomic E-state index is 0.0651. The molecule has 0 saturated heterocycles. The molecular formula is C13H15Cl2N3. The van der Waals surface area contributed by atoms with Crippen molar-refractivity contribution >= 4 is 29.2 Å². The second-order valence-electron chi connectivity index (χ2n) is 4.35. The lowest BCUT2D eigenvalue weighted by Crippen LogP contribution is -2.10. The average molecular weight is 284 g/mol. The summed E-state index contributed by atoms with van der Waals surface area (Å²) < 4.78 is 1.95. The molecule has 0 spiro atoms. The average Bonchev–Trinajstić information content (AvgIpc) is 2.57. The van der Waals surface area contributed by atoms with Gasteiger partial charge < -0.3 is 9.88 Å². The van der Waals surface area contributed by atoms with Crippen molar-refractivity contribution in [3.8, 4) is 0 Å². The number of aryl methyl sites for hydroxylation is 2. The number of benzene rings is 1. The summed E-state index contributed by atoms with van der Waals surface area (Å²) in [5.74, 6) is 0.825. The molecule has 96 valence electrons. The normalized spacial score (nSPS) is 12.5. The third-order valence-corrected chi connectivity index (χ3v) is 3.33. The molecule has 0 saturated carbocycles. The maximum atomic E-state index is 6.18. The molecule has 1 aromatic carbocycles. The largest absolute Gasteiger partial charge is 0.349 e. The minimum atomic E-state index is 0.0651. The number of anilines is 1. The molecule has 1 atom stereocenters. The number of nitrogens with one attached hydrogen (secondary N) is 1. The zero-order valence-electron chi connectivity index (χ0n) is 10.5. The Bertz CT molecular complexity index is 563. The quantitative estimate of drug-likeness (QED) is 0.915. The molecule has 1 unspecified atom stereocenters. The van der Waals surface area contributed by atoms with Crippen LogP contribution in [0.2, 0.25) is 10.0 Å². The van der Waals surface area contributed by atoms with Gasteiger partial charge in [0.05, 0.1) is 11.7 Å². The summed E-state index contributed by atoms with van der Waals surface area (Å²) in [5, 5.41) is 4.63. The smallest absolute Gasteiger partial charge is 0.203 e. The van der Waals surface area contributed by atoms with E-state index in [4.69, 9.17) is 23.2 Å². The highest BCUT2D eigenvalue weighted by Gasteiger charge is 2.12. The number of hydrogen-bond donors (Lipinski definition) is 1. The summed E-state index contributed by atoms with van der Waals surface area (Å²) in [7, 11) is 1.96. The van der Waals surface area contributed by atoms with Crippen LogP contribution in [0.1, 0.15) is 24.2 Å². The summed E-state index contributed by atoms with van der Waals surface area (Å²) in [4.78, 5) is 4.41.